The highest BCUT2D eigenvalue weighted by atomic mass is 79.9. The van der Waals surface area contributed by atoms with Gasteiger partial charge in [0.2, 0.25) is 0 Å². The number of allylic oxidation sites excluding steroid dienone is 1. The summed E-state index contributed by atoms with van der Waals surface area (Å²) in [4.78, 5) is 22.5. The quantitative estimate of drug-likeness (QED) is 0.687. The van der Waals surface area contributed by atoms with Crippen LogP contribution in [0.25, 0.3) is 0 Å². The van der Waals surface area contributed by atoms with Crippen molar-refractivity contribution in [3.63, 3.8) is 0 Å². The summed E-state index contributed by atoms with van der Waals surface area (Å²) in [6.45, 7) is 3.35. The maximum Gasteiger partial charge on any atom is 0.330 e. The predicted molar refractivity (Wildman–Crippen MR) is 73.3 cm³/mol. The van der Waals surface area contributed by atoms with Crippen molar-refractivity contribution in [2.45, 2.75) is 13.8 Å². The molecule has 96 valence electrons. The van der Waals surface area contributed by atoms with Gasteiger partial charge >= 0.3 is 5.97 Å². The molecule has 0 aliphatic heterocycles. The first-order valence-electron chi connectivity index (χ1n) is 5.38. The molecule has 1 amide bonds. The zero-order chi connectivity index (χ0) is 13.5. The number of hydrogen-bond acceptors (Lipinski definition) is 3. The molecule has 0 unspecified atom stereocenters. The molecule has 0 spiro atoms. The first kappa shape index (κ1) is 14.4. The molecule has 0 saturated carbocycles. The Balaban J connectivity index is 2.52. The summed E-state index contributed by atoms with van der Waals surface area (Å²) in [5.74, 6) is -0.909. The Labute approximate surface area is 114 Å². The Morgan fingerprint density at radius 1 is 1.44 bits per heavy atom. The van der Waals surface area contributed by atoms with E-state index in [1.807, 2.05) is 19.1 Å². The van der Waals surface area contributed by atoms with Crippen LogP contribution in [0, 0.1) is 6.92 Å². The minimum absolute atomic E-state index is 0.302. The predicted octanol–water partition coefficient (Wildman–Crippen LogP) is 2.82. The van der Waals surface area contributed by atoms with E-state index in [9.17, 15) is 9.59 Å². The monoisotopic (exact) mass is 311 g/mol. The van der Waals surface area contributed by atoms with E-state index in [1.54, 1.807) is 19.1 Å². The van der Waals surface area contributed by atoms with E-state index in [4.69, 9.17) is 4.74 Å². The Hall–Kier alpha value is -1.62. The van der Waals surface area contributed by atoms with Gasteiger partial charge in [-0.3, -0.25) is 4.79 Å². The van der Waals surface area contributed by atoms with Crippen LogP contribution in [0.2, 0.25) is 0 Å². The van der Waals surface area contributed by atoms with E-state index >= 15 is 0 Å². The first-order chi connectivity index (χ1) is 8.52. The molecule has 0 aromatic heterocycles. The number of nitrogens with one attached hydrogen (secondary N) is 1. The number of aryl methyl sites for hydroxylation is 1. The highest BCUT2D eigenvalue weighted by Crippen LogP contribution is 2.23. The van der Waals surface area contributed by atoms with Crippen molar-refractivity contribution in [1.29, 1.82) is 0 Å². The number of benzene rings is 1. The van der Waals surface area contributed by atoms with E-state index in [0.717, 1.165) is 10.0 Å². The van der Waals surface area contributed by atoms with Gasteiger partial charge < -0.3 is 10.1 Å². The molecule has 0 atom stereocenters. The second kappa shape index (κ2) is 6.96. The SMILES string of the molecule is C/C=C/C(=O)OCC(=O)Nc1ccc(C)cc1Br. The van der Waals surface area contributed by atoms with Crippen molar-refractivity contribution in [3.8, 4) is 0 Å². The molecule has 1 aromatic carbocycles. The molecule has 18 heavy (non-hydrogen) atoms. The molecule has 4 nitrogen and oxygen atoms in total. The maximum absolute atomic E-state index is 11.5. The fourth-order valence-electron chi connectivity index (χ4n) is 1.23. The normalized spacial score (nSPS) is 10.4. The zero-order valence-electron chi connectivity index (χ0n) is 10.2. The summed E-state index contributed by atoms with van der Waals surface area (Å²) in [6.07, 6.45) is 2.81. The fraction of sp³-hybridized carbons (Fsp3) is 0.231. The van der Waals surface area contributed by atoms with Crippen molar-refractivity contribution >= 4 is 33.5 Å². The second-order valence-corrected chi connectivity index (χ2v) is 4.49. The van der Waals surface area contributed by atoms with E-state index in [-0.39, 0.29) is 12.5 Å². The molecule has 1 N–H and O–H groups in total. The molecule has 0 saturated heterocycles. The van der Waals surface area contributed by atoms with Gasteiger partial charge in [0.1, 0.15) is 0 Å². The van der Waals surface area contributed by atoms with Crippen molar-refractivity contribution in [3.05, 3.63) is 40.4 Å². The van der Waals surface area contributed by atoms with Crippen LogP contribution < -0.4 is 5.32 Å². The molecule has 0 fully saturated rings. The number of rotatable bonds is 4. The third-order valence-corrected chi connectivity index (χ3v) is 2.70. The number of amides is 1. The van der Waals surface area contributed by atoms with Crippen LogP contribution in [0.15, 0.2) is 34.8 Å². The third-order valence-electron chi connectivity index (χ3n) is 2.05. The van der Waals surface area contributed by atoms with Crippen LogP contribution in [0.3, 0.4) is 0 Å². The van der Waals surface area contributed by atoms with Crippen molar-refractivity contribution in [2.75, 3.05) is 11.9 Å². The van der Waals surface area contributed by atoms with Crippen LogP contribution in [0.1, 0.15) is 12.5 Å². The second-order valence-electron chi connectivity index (χ2n) is 3.64. The number of hydrogen-bond donors (Lipinski definition) is 1. The largest absolute Gasteiger partial charge is 0.452 e. The Bertz CT molecular complexity index is 483. The lowest BCUT2D eigenvalue weighted by molar-refractivity contribution is -0.142. The molecule has 0 heterocycles. The molecular formula is C13H14BrNO3. The van der Waals surface area contributed by atoms with E-state index in [0.29, 0.717) is 5.69 Å². The maximum atomic E-state index is 11.5. The summed E-state index contributed by atoms with van der Waals surface area (Å²) in [6, 6.07) is 5.55. The number of carbonyl (C=O) groups excluding carboxylic acids is 2. The molecule has 5 heteroatoms. The lowest BCUT2D eigenvalue weighted by Gasteiger charge is -2.08. The van der Waals surface area contributed by atoms with Gasteiger partial charge in [-0.05, 0) is 47.5 Å². The van der Waals surface area contributed by atoms with Crippen LogP contribution in [0.4, 0.5) is 5.69 Å². The lowest BCUT2D eigenvalue weighted by Crippen LogP contribution is -2.20. The highest BCUT2D eigenvalue weighted by molar-refractivity contribution is 9.10. The molecule has 0 bridgehead atoms. The first-order valence-corrected chi connectivity index (χ1v) is 6.17. The average Bonchev–Trinajstić information content (AvgIpc) is 2.31. The van der Waals surface area contributed by atoms with E-state index < -0.39 is 5.97 Å². The molecule has 0 radical (unpaired) electrons. The summed E-state index contributed by atoms with van der Waals surface area (Å²) >= 11 is 3.35. The summed E-state index contributed by atoms with van der Waals surface area (Å²) in [5.41, 5.74) is 1.73. The van der Waals surface area contributed by atoms with Crippen molar-refractivity contribution in [1.82, 2.24) is 0 Å². The highest BCUT2D eigenvalue weighted by Gasteiger charge is 2.07. The Kier molecular flexibility index (Phi) is 5.58. The fourth-order valence-corrected chi connectivity index (χ4v) is 1.82. The van der Waals surface area contributed by atoms with Gasteiger partial charge in [-0.25, -0.2) is 4.79 Å². The summed E-state index contributed by atoms with van der Waals surface area (Å²) in [5, 5.41) is 2.65. The number of ether oxygens (including phenoxy) is 1. The van der Waals surface area contributed by atoms with Crippen molar-refractivity contribution in [2.24, 2.45) is 0 Å². The zero-order valence-corrected chi connectivity index (χ0v) is 11.8. The van der Waals surface area contributed by atoms with Crippen LogP contribution in [-0.4, -0.2) is 18.5 Å². The minimum Gasteiger partial charge on any atom is -0.452 e. The third kappa shape index (κ3) is 4.71. The molecule has 0 aliphatic rings. The average molecular weight is 312 g/mol. The number of anilines is 1. The minimum atomic E-state index is -0.532. The standard InChI is InChI=1S/C13H14BrNO3/c1-3-4-13(17)18-8-12(16)15-11-6-5-9(2)7-10(11)14/h3-7H,8H2,1-2H3,(H,15,16)/b4-3+. The molecule has 0 aliphatic carbocycles. The van der Waals surface area contributed by atoms with Gasteiger partial charge in [0.25, 0.3) is 5.91 Å². The smallest absolute Gasteiger partial charge is 0.330 e. The topological polar surface area (TPSA) is 55.4 Å². The lowest BCUT2D eigenvalue weighted by atomic mass is 10.2. The van der Waals surface area contributed by atoms with Crippen LogP contribution >= 0.6 is 15.9 Å². The summed E-state index contributed by atoms with van der Waals surface area (Å²) < 4.78 is 5.51. The van der Waals surface area contributed by atoms with Gasteiger partial charge in [0, 0.05) is 10.5 Å². The van der Waals surface area contributed by atoms with E-state index in [2.05, 4.69) is 21.2 Å². The number of carbonyl (C=O) groups is 2. The Morgan fingerprint density at radius 2 is 2.17 bits per heavy atom. The molecular weight excluding hydrogens is 298 g/mol. The van der Waals surface area contributed by atoms with Gasteiger partial charge in [-0.1, -0.05) is 12.1 Å². The molecule has 1 rings (SSSR count). The van der Waals surface area contributed by atoms with Crippen LogP contribution in [0.5, 0.6) is 0 Å². The number of halogens is 1. The van der Waals surface area contributed by atoms with Gasteiger partial charge in [-0.2, -0.15) is 0 Å². The van der Waals surface area contributed by atoms with Gasteiger partial charge in [-0.15, -0.1) is 0 Å². The Morgan fingerprint density at radius 3 is 2.78 bits per heavy atom. The van der Waals surface area contributed by atoms with Gasteiger partial charge in [0.15, 0.2) is 6.61 Å². The number of esters is 1. The summed E-state index contributed by atoms with van der Waals surface area (Å²) in [7, 11) is 0. The van der Waals surface area contributed by atoms with Gasteiger partial charge in [0.05, 0.1) is 5.69 Å². The van der Waals surface area contributed by atoms with Crippen molar-refractivity contribution < 1.29 is 14.3 Å². The molecule has 1 aromatic rings. The van der Waals surface area contributed by atoms with E-state index in [1.165, 1.54) is 6.08 Å². The van der Waals surface area contributed by atoms with Crippen LogP contribution in [-0.2, 0) is 14.3 Å².